The summed E-state index contributed by atoms with van der Waals surface area (Å²) in [5.41, 5.74) is 4.57. The van der Waals surface area contributed by atoms with Crippen molar-refractivity contribution in [3.05, 3.63) is 50.2 Å². The van der Waals surface area contributed by atoms with E-state index in [1.54, 1.807) is 6.20 Å². The second-order valence-electron chi connectivity index (χ2n) is 4.68. The molecule has 0 saturated heterocycles. The zero-order valence-corrected chi connectivity index (χ0v) is 14.2. The normalized spacial score (nSPS) is 12.9. The number of benzene rings is 1. The van der Waals surface area contributed by atoms with E-state index < -0.39 is 0 Å². The zero-order valence-electron chi connectivity index (χ0n) is 11.1. The van der Waals surface area contributed by atoms with E-state index in [1.807, 2.05) is 36.7 Å². The summed E-state index contributed by atoms with van der Waals surface area (Å²) in [4.78, 5) is 0. The van der Waals surface area contributed by atoms with Crippen molar-refractivity contribution in [3.63, 3.8) is 0 Å². The number of nitrogens with zero attached hydrogens (tertiary/aromatic N) is 2. The lowest BCUT2D eigenvalue weighted by Crippen LogP contribution is -2.31. The Hall–Kier alpha value is -0.590. The molecule has 0 amide bonds. The van der Waals surface area contributed by atoms with Crippen LogP contribution in [0.15, 0.2) is 28.9 Å². The molecule has 7 heteroatoms. The third-order valence-electron chi connectivity index (χ3n) is 2.99. The van der Waals surface area contributed by atoms with Crippen molar-refractivity contribution in [1.29, 1.82) is 0 Å². The Labute approximate surface area is 136 Å². The predicted octanol–water partition coefficient (Wildman–Crippen LogP) is 4.09. The summed E-state index contributed by atoms with van der Waals surface area (Å²) in [6, 6.07) is 5.45. The van der Waals surface area contributed by atoms with Gasteiger partial charge in [-0.15, -0.1) is 0 Å². The third-order valence-corrected chi connectivity index (χ3v) is 4.20. The molecule has 0 aliphatic heterocycles. The molecule has 0 aliphatic carbocycles. The van der Waals surface area contributed by atoms with Gasteiger partial charge in [-0.3, -0.25) is 10.5 Å². The quantitative estimate of drug-likeness (QED) is 0.623. The lowest BCUT2D eigenvalue weighted by Gasteiger charge is -2.21. The van der Waals surface area contributed by atoms with Crippen molar-refractivity contribution in [2.45, 2.75) is 25.9 Å². The van der Waals surface area contributed by atoms with Crippen molar-refractivity contribution in [2.75, 3.05) is 0 Å². The highest BCUT2D eigenvalue weighted by molar-refractivity contribution is 9.10. The van der Waals surface area contributed by atoms with Gasteiger partial charge in [0.15, 0.2) is 0 Å². The highest BCUT2D eigenvalue weighted by Gasteiger charge is 2.24. The number of rotatable bonds is 4. The van der Waals surface area contributed by atoms with Crippen LogP contribution in [0.5, 0.6) is 0 Å². The van der Waals surface area contributed by atoms with E-state index >= 15 is 0 Å². The summed E-state index contributed by atoms with van der Waals surface area (Å²) in [5, 5.41) is 5.53. The van der Waals surface area contributed by atoms with Crippen LogP contribution in [-0.4, -0.2) is 9.78 Å². The maximum Gasteiger partial charge on any atom is 0.0904 e. The highest BCUT2D eigenvalue weighted by Crippen LogP contribution is 2.34. The average Bonchev–Trinajstić information content (AvgIpc) is 2.75. The fourth-order valence-corrected chi connectivity index (χ4v) is 3.23. The van der Waals surface area contributed by atoms with E-state index in [1.165, 1.54) is 0 Å². The first-order valence-electron chi connectivity index (χ1n) is 6.09. The molecule has 108 valence electrons. The van der Waals surface area contributed by atoms with Crippen LogP contribution in [0.3, 0.4) is 0 Å². The number of nitrogens with one attached hydrogen (secondary N) is 1. The molecule has 1 aromatic carbocycles. The van der Waals surface area contributed by atoms with Crippen molar-refractivity contribution >= 4 is 39.1 Å². The van der Waals surface area contributed by atoms with Crippen molar-refractivity contribution in [3.8, 4) is 0 Å². The van der Waals surface area contributed by atoms with Gasteiger partial charge in [0, 0.05) is 15.5 Å². The molecule has 0 spiro atoms. The molecule has 0 aliphatic rings. The van der Waals surface area contributed by atoms with Crippen LogP contribution >= 0.6 is 39.1 Å². The Morgan fingerprint density at radius 2 is 2.05 bits per heavy atom. The van der Waals surface area contributed by atoms with Crippen molar-refractivity contribution < 1.29 is 0 Å². The summed E-state index contributed by atoms with van der Waals surface area (Å²) in [6.07, 6.45) is 1.63. The standard InChI is InChI=1S/C13H15BrCl2N4/c1-7(2)20-13(11(16)6-18-20)12(19-17)9-4-3-8(15)5-10(9)14/h3-7,12,19H,17H2,1-2H3. The smallest absolute Gasteiger partial charge is 0.0904 e. The topological polar surface area (TPSA) is 55.9 Å². The molecule has 20 heavy (non-hydrogen) atoms. The maximum absolute atomic E-state index is 6.28. The van der Waals surface area contributed by atoms with Crippen LogP contribution in [0, 0.1) is 0 Å². The van der Waals surface area contributed by atoms with Crippen molar-refractivity contribution in [1.82, 2.24) is 15.2 Å². The lowest BCUT2D eigenvalue weighted by atomic mass is 10.0. The predicted molar refractivity (Wildman–Crippen MR) is 85.9 cm³/mol. The molecule has 0 fully saturated rings. The molecule has 2 aromatic rings. The minimum absolute atomic E-state index is 0.180. The molecular formula is C13H15BrCl2N4. The Morgan fingerprint density at radius 3 is 2.60 bits per heavy atom. The number of hydrogen-bond acceptors (Lipinski definition) is 3. The van der Waals surface area contributed by atoms with Crippen LogP contribution in [-0.2, 0) is 0 Å². The second-order valence-corrected chi connectivity index (χ2v) is 6.38. The maximum atomic E-state index is 6.28. The van der Waals surface area contributed by atoms with Gasteiger partial charge in [-0.2, -0.15) is 5.10 Å². The van der Waals surface area contributed by atoms with Gasteiger partial charge in [0.25, 0.3) is 0 Å². The monoisotopic (exact) mass is 376 g/mol. The van der Waals surface area contributed by atoms with Crippen LogP contribution in [0.1, 0.15) is 37.2 Å². The summed E-state index contributed by atoms with van der Waals surface area (Å²) < 4.78 is 2.72. The largest absolute Gasteiger partial charge is 0.271 e. The van der Waals surface area contributed by atoms with Crippen molar-refractivity contribution in [2.24, 2.45) is 5.84 Å². The summed E-state index contributed by atoms with van der Waals surface area (Å²) in [7, 11) is 0. The summed E-state index contributed by atoms with van der Waals surface area (Å²) >= 11 is 15.8. The van der Waals surface area contributed by atoms with E-state index in [0.29, 0.717) is 10.0 Å². The van der Waals surface area contributed by atoms with Gasteiger partial charge in [-0.1, -0.05) is 45.2 Å². The molecule has 1 atom stereocenters. The SMILES string of the molecule is CC(C)n1ncc(Cl)c1C(NN)c1ccc(Cl)cc1Br. The number of hydrazine groups is 1. The second kappa shape index (κ2) is 6.45. The van der Waals surface area contributed by atoms with E-state index in [9.17, 15) is 0 Å². The first-order chi connectivity index (χ1) is 9.45. The van der Waals surface area contributed by atoms with Crippen LogP contribution in [0.2, 0.25) is 10.0 Å². The molecule has 4 nitrogen and oxygen atoms in total. The Kier molecular flexibility index (Phi) is 5.09. The van der Waals surface area contributed by atoms with Gasteiger partial charge in [-0.25, -0.2) is 5.43 Å². The molecular weight excluding hydrogens is 363 g/mol. The molecule has 3 N–H and O–H groups in total. The third kappa shape index (κ3) is 3.02. The van der Waals surface area contributed by atoms with E-state index in [-0.39, 0.29) is 12.1 Å². The van der Waals surface area contributed by atoms with Gasteiger partial charge < -0.3 is 0 Å². The lowest BCUT2D eigenvalue weighted by molar-refractivity contribution is 0.476. The summed E-state index contributed by atoms with van der Waals surface area (Å²) in [6.45, 7) is 4.08. The molecule has 1 aromatic heterocycles. The number of aromatic nitrogens is 2. The molecule has 1 unspecified atom stereocenters. The van der Waals surface area contributed by atoms with Gasteiger partial charge in [0.2, 0.25) is 0 Å². The molecule has 0 radical (unpaired) electrons. The van der Waals surface area contributed by atoms with Crippen LogP contribution in [0.4, 0.5) is 0 Å². The molecule has 0 saturated carbocycles. The zero-order chi connectivity index (χ0) is 14.9. The molecule has 2 rings (SSSR count). The Bertz CT molecular complexity index is 612. The van der Waals surface area contributed by atoms with Gasteiger partial charge >= 0.3 is 0 Å². The number of hydrogen-bond donors (Lipinski definition) is 2. The first-order valence-corrected chi connectivity index (χ1v) is 7.64. The minimum atomic E-state index is -0.279. The van der Waals surface area contributed by atoms with Gasteiger partial charge in [-0.05, 0) is 31.5 Å². The average molecular weight is 378 g/mol. The Balaban J connectivity index is 2.55. The van der Waals surface area contributed by atoms with E-state index in [0.717, 1.165) is 15.7 Å². The van der Waals surface area contributed by atoms with Gasteiger partial charge in [0.05, 0.1) is 23.0 Å². The fraction of sp³-hybridized carbons (Fsp3) is 0.308. The summed E-state index contributed by atoms with van der Waals surface area (Å²) in [5.74, 6) is 5.74. The molecule has 0 bridgehead atoms. The fourth-order valence-electron chi connectivity index (χ4n) is 2.08. The van der Waals surface area contributed by atoms with E-state index in [2.05, 4.69) is 26.5 Å². The molecule has 1 heterocycles. The van der Waals surface area contributed by atoms with Crippen LogP contribution < -0.4 is 11.3 Å². The van der Waals surface area contributed by atoms with Gasteiger partial charge in [0.1, 0.15) is 0 Å². The first kappa shape index (κ1) is 15.8. The highest BCUT2D eigenvalue weighted by atomic mass is 79.9. The van der Waals surface area contributed by atoms with Crippen LogP contribution in [0.25, 0.3) is 0 Å². The number of nitrogens with two attached hydrogens (primary N) is 1. The Morgan fingerprint density at radius 1 is 1.35 bits per heavy atom. The number of halogens is 3. The van der Waals surface area contributed by atoms with E-state index in [4.69, 9.17) is 29.0 Å². The minimum Gasteiger partial charge on any atom is -0.271 e.